The monoisotopic (exact) mass is 373 g/mol. The van der Waals surface area contributed by atoms with E-state index in [1.807, 2.05) is 48.5 Å². The second-order valence-electron chi connectivity index (χ2n) is 7.02. The second-order valence-corrected chi connectivity index (χ2v) is 7.02. The van der Waals surface area contributed by atoms with Gasteiger partial charge in [-0.1, -0.05) is 25.0 Å². The lowest BCUT2D eigenvalue weighted by Gasteiger charge is -2.12. The molecule has 8 heteroatoms. The Kier molecular flexibility index (Phi) is 4.08. The molecule has 5 rings (SSSR count). The zero-order valence-corrected chi connectivity index (χ0v) is 15.2. The first-order valence-corrected chi connectivity index (χ1v) is 9.43. The van der Waals surface area contributed by atoms with E-state index in [2.05, 4.69) is 31.1 Å². The summed E-state index contributed by atoms with van der Waals surface area (Å²) in [4.78, 5) is 17.0. The van der Waals surface area contributed by atoms with Gasteiger partial charge in [-0.3, -0.25) is 4.79 Å². The number of nitrogens with one attached hydrogen (secondary N) is 2. The van der Waals surface area contributed by atoms with E-state index in [0.29, 0.717) is 23.1 Å². The maximum atomic E-state index is 12.4. The Morgan fingerprint density at radius 1 is 1.04 bits per heavy atom. The van der Waals surface area contributed by atoms with Crippen LogP contribution in [0, 0.1) is 0 Å². The van der Waals surface area contributed by atoms with Crippen molar-refractivity contribution in [1.29, 1.82) is 0 Å². The minimum Gasteiger partial charge on any atom is -0.349 e. The van der Waals surface area contributed by atoms with Gasteiger partial charge in [0.05, 0.1) is 11.0 Å². The fourth-order valence-corrected chi connectivity index (χ4v) is 3.67. The Labute approximate surface area is 161 Å². The molecule has 0 spiro atoms. The number of amides is 1. The van der Waals surface area contributed by atoms with Crippen LogP contribution in [0.3, 0.4) is 0 Å². The number of rotatable bonds is 4. The highest BCUT2D eigenvalue weighted by Crippen LogP contribution is 2.23. The minimum atomic E-state index is -0.0219. The highest BCUT2D eigenvalue weighted by atomic mass is 16.1. The Bertz CT molecular complexity index is 1150. The number of carbonyl (C=O) groups excluding carboxylic acids is 1. The molecule has 1 aliphatic rings. The fourth-order valence-electron chi connectivity index (χ4n) is 3.67. The molecular weight excluding hydrogens is 354 g/mol. The van der Waals surface area contributed by atoms with E-state index in [4.69, 9.17) is 0 Å². The van der Waals surface area contributed by atoms with Gasteiger partial charge in [0.25, 0.3) is 5.91 Å². The maximum Gasteiger partial charge on any atom is 0.251 e. The summed E-state index contributed by atoms with van der Waals surface area (Å²) in [6, 6.07) is 15.3. The summed E-state index contributed by atoms with van der Waals surface area (Å²) < 4.78 is 1.66. The van der Waals surface area contributed by atoms with Crippen LogP contribution in [0.5, 0.6) is 0 Å². The van der Waals surface area contributed by atoms with E-state index in [1.165, 1.54) is 12.8 Å². The molecule has 2 aromatic heterocycles. The van der Waals surface area contributed by atoms with Crippen LogP contribution in [0.15, 0.2) is 48.5 Å². The number of nitrogens with zero attached hydrogens (tertiary/aromatic N) is 5. The van der Waals surface area contributed by atoms with E-state index in [1.54, 1.807) is 4.52 Å². The summed E-state index contributed by atoms with van der Waals surface area (Å²) in [5.74, 6) is 0.540. The maximum absolute atomic E-state index is 12.4. The number of carbonyl (C=O) groups is 1. The third-order valence-electron chi connectivity index (χ3n) is 5.12. The number of tetrazole rings is 1. The molecule has 1 amide bonds. The molecule has 0 bridgehead atoms. The van der Waals surface area contributed by atoms with Crippen molar-refractivity contribution in [1.82, 2.24) is 30.3 Å². The summed E-state index contributed by atoms with van der Waals surface area (Å²) in [5, 5.41) is 18.3. The fraction of sp³-hybridized carbons (Fsp3) is 0.250. The summed E-state index contributed by atoms with van der Waals surface area (Å²) in [5.41, 5.74) is 3.63. The van der Waals surface area contributed by atoms with E-state index in [-0.39, 0.29) is 5.91 Å². The van der Waals surface area contributed by atoms with Crippen molar-refractivity contribution in [3.05, 3.63) is 54.1 Å². The van der Waals surface area contributed by atoms with E-state index < -0.39 is 0 Å². The first-order valence-electron chi connectivity index (χ1n) is 9.43. The number of hydrogen-bond donors (Lipinski definition) is 2. The first-order chi connectivity index (χ1) is 13.8. The van der Waals surface area contributed by atoms with E-state index in [0.717, 1.165) is 29.6 Å². The minimum absolute atomic E-state index is 0.0219. The van der Waals surface area contributed by atoms with Crippen LogP contribution in [-0.2, 0) is 0 Å². The largest absolute Gasteiger partial charge is 0.349 e. The number of anilines is 2. The molecule has 0 unspecified atom stereocenters. The zero-order chi connectivity index (χ0) is 18.9. The number of aromatic nitrogens is 5. The summed E-state index contributed by atoms with van der Waals surface area (Å²) >= 11 is 0. The van der Waals surface area contributed by atoms with Gasteiger partial charge in [-0.05, 0) is 59.7 Å². The molecule has 1 fully saturated rings. The number of para-hydroxylation sites is 2. The van der Waals surface area contributed by atoms with Crippen LogP contribution in [0.1, 0.15) is 36.0 Å². The number of fused-ring (bicyclic) bond motifs is 3. The summed E-state index contributed by atoms with van der Waals surface area (Å²) in [7, 11) is 0. The van der Waals surface area contributed by atoms with Crippen LogP contribution < -0.4 is 10.6 Å². The molecule has 1 aliphatic carbocycles. The van der Waals surface area contributed by atoms with Crippen molar-refractivity contribution in [3.8, 4) is 0 Å². The first kappa shape index (κ1) is 16.6. The van der Waals surface area contributed by atoms with E-state index in [9.17, 15) is 4.79 Å². The molecule has 0 atom stereocenters. The third kappa shape index (κ3) is 3.02. The average Bonchev–Trinajstić information content (AvgIpc) is 3.41. The third-order valence-corrected chi connectivity index (χ3v) is 5.12. The molecule has 0 aliphatic heterocycles. The van der Waals surface area contributed by atoms with Crippen molar-refractivity contribution in [2.75, 3.05) is 5.32 Å². The molecular formula is C20H19N7O. The number of benzene rings is 2. The van der Waals surface area contributed by atoms with Crippen molar-refractivity contribution >= 4 is 34.1 Å². The topological polar surface area (TPSA) is 97.1 Å². The lowest BCUT2D eigenvalue weighted by atomic mass is 10.1. The van der Waals surface area contributed by atoms with Crippen molar-refractivity contribution in [3.63, 3.8) is 0 Å². The van der Waals surface area contributed by atoms with Gasteiger partial charge < -0.3 is 10.6 Å². The molecule has 8 nitrogen and oxygen atoms in total. The van der Waals surface area contributed by atoms with Crippen LogP contribution in [0.4, 0.5) is 11.5 Å². The average molecular weight is 373 g/mol. The van der Waals surface area contributed by atoms with Gasteiger partial charge in [-0.2, -0.15) is 4.52 Å². The van der Waals surface area contributed by atoms with Gasteiger partial charge in [0.2, 0.25) is 5.65 Å². The molecule has 0 radical (unpaired) electrons. The zero-order valence-electron chi connectivity index (χ0n) is 15.2. The second kappa shape index (κ2) is 6.88. The van der Waals surface area contributed by atoms with Gasteiger partial charge in [-0.15, -0.1) is 5.10 Å². The number of hydrogen-bond acceptors (Lipinski definition) is 6. The van der Waals surface area contributed by atoms with Crippen molar-refractivity contribution in [2.24, 2.45) is 0 Å². The molecule has 2 N–H and O–H groups in total. The predicted octanol–water partition coefficient (Wildman–Crippen LogP) is 3.09. The Balaban J connectivity index is 1.40. The van der Waals surface area contributed by atoms with Crippen molar-refractivity contribution < 1.29 is 4.79 Å². The van der Waals surface area contributed by atoms with Gasteiger partial charge in [-0.25, -0.2) is 4.98 Å². The molecule has 2 aromatic carbocycles. The highest BCUT2D eigenvalue weighted by Gasteiger charge is 2.18. The SMILES string of the molecule is O=C(NC1CCCC1)c1ccc(Nc2nc3ccccc3n3nnnc23)cc1. The summed E-state index contributed by atoms with van der Waals surface area (Å²) in [6.45, 7) is 0. The van der Waals surface area contributed by atoms with Gasteiger partial charge in [0.15, 0.2) is 5.82 Å². The summed E-state index contributed by atoms with van der Waals surface area (Å²) in [6.07, 6.45) is 4.53. The molecule has 140 valence electrons. The lowest BCUT2D eigenvalue weighted by Crippen LogP contribution is -2.32. The molecule has 2 heterocycles. The van der Waals surface area contributed by atoms with Crippen LogP contribution in [-0.4, -0.2) is 37.0 Å². The smallest absolute Gasteiger partial charge is 0.251 e. The van der Waals surface area contributed by atoms with Crippen LogP contribution in [0.25, 0.3) is 16.7 Å². The van der Waals surface area contributed by atoms with Crippen LogP contribution >= 0.6 is 0 Å². The van der Waals surface area contributed by atoms with Crippen LogP contribution in [0.2, 0.25) is 0 Å². The van der Waals surface area contributed by atoms with Gasteiger partial charge >= 0.3 is 0 Å². The molecule has 4 aromatic rings. The van der Waals surface area contributed by atoms with Crippen molar-refractivity contribution in [2.45, 2.75) is 31.7 Å². The Morgan fingerprint density at radius 2 is 1.82 bits per heavy atom. The predicted molar refractivity (Wildman–Crippen MR) is 106 cm³/mol. The van der Waals surface area contributed by atoms with Gasteiger partial charge in [0.1, 0.15) is 0 Å². The highest BCUT2D eigenvalue weighted by molar-refractivity contribution is 5.95. The standard InChI is InChI=1S/C20H19N7O/c28-20(22-14-5-1-2-6-14)13-9-11-15(12-10-13)21-18-19-24-25-26-27(19)17-8-4-3-7-16(17)23-18/h3-4,7-12,14H,1-2,5-6H2,(H,21,23)(H,22,28). The molecule has 0 saturated heterocycles. The molecule has 28 heavy (non-hydrogen) atoms. The normalized spacial score (nSPS) is 14.6. The quantitative estimate of drug-likeness (QED) is 0.571. The van der Waals surface area contributed by atoms with E-state index >= 15 is 0 Å². The Hall–Kier alpha value is -3.55. The lowest BCUT2D eigenvalue weighted by molar-refractivity contribution is 0.0938. The Morgan fingerprint density at radius 3 is 2.64 bits per heavy atom. The van der Waals surface area contributed by atoms with Gasteiger partial charge in [0, 0.05) is 17.3 Å². The molecule has 1 saturated carbocycles.